The minimum Gasteiger partial charge on any atom is -0.383 e. The zero-order chi connectivity index (χ0) is 12.1. The summed E-state index contributed by atoms with van der Waals surface area (Å²) in [6.45, 7) is 4.60. The van der Waals surface area contributed by atoms with Gasteiger partial charge in [0.2, 0.25) is 0 Å². The topological polar surface area (TPSA) is 21.3 Å². The molecule has 90 valence electrons. The molecule has 4 heteroatoms. The highest BCUT2D eigenvalue weighted by Crippen LogP contribution is 2.16. The number of hydrogen-bond acceptors (Lipinski definition) is 2. The molecule has 0 amide bonds. The number of anilines is 1. The highest BCUT2D eigenvalue weighted by molar-refractivity contribution is 5.44. The Balaban J connectivity index is 2.73. The van der Waals surface area contributed by atoms with Crippen LogP contribution in [0.2, 0.25) is 0 Å². The predicted octanol–water partition coefficient (Wildman–Crippen LogP) is 3.05. The summed E-state index contributed by atoms with van der Waals surface area (Å²) in [5.74, 6) is -1.34. The van der Waals surface area contributed by atoms with Crippen molar-refractivity contribution >= 4 is 5.69 Å². The molecular formula is C12H17F2NO. The summed E-state index contributed by atoms with van der Waals surface area (Å²) >= 11 is 0. The Labute approximate surface area is 94.6 Å². The Bertz CT molecular complexity index is 342. The molecule has 1 aromatic carbocycles. The monoisotopic (exact) mass is 229 g/mol. The number of rotatable bonds is 5. The van der Waals surface area contributed by atoms with Crippen LogP contribution >= 0.6 is 0 Å². The first-order valence-corrected chi connectivity index (χ1v) is 5.25. The van der Waals surface area contributed by atoms with Crippen LogP contribution in [-0.2, 0) is 4.74 Å². The van der Waals surface area contributed by atoms with Crippen molar-refractivity contribution in [3.05, 3.63) is 29.8 Å². The molecule has 0 saturated heterocycles. The molecular weight excluding hydrogens is 212 g/mol. The summed E-state index contributed by atoms with van der Waals surface area (Å²) in [4.78, 5) is 0. The summed E-state index contributed by atoms with van der Waals surface area (Å²) in [6, 6.07) is 3.86. The third-order valence-corrected chi connectivity index (χ3v) is 2.42. The zero-order valence-electron chi connectivity index (χ0n) is 9.76. The molecule has 2 nitrogen and oxygen atoms in total. The van der Waals surface area contributed by atoms with Gasteiger partial charge in [0.15, 0.2) is 11.6 Å². The van der Waals surface area contributed by atoms with E-state index in [-0.39, 0.29) is 6.04 Å². The van der Waals surface area contributed by atoms with Gasteiger partial charge in [-0.2, -0.15) is 0 Å². The lowest BCUT2D eigenvalue weighted by atomic mass is 10.1. The summed E-state index contributed by atoms with van der Waals surface area (Å²) in [5.41, 5.74) is 0.564. The van der Waals surface area contributed by atoms with Crippen LogP contribution in [0.4, 0.5) is 14.5 Å². The van der Waals surface area contributed by atoms with E-state index < -0.39 is 11.6 Å². The van der Waals surface area contributed by atoms with E-state index in [9.17, 15) is 8.78 Å². The molecule has 0 aliphatic carbocycles. The number of hydrogen-bond donors (Lipinski definition) is 1. The molecule has 0 spiro atoms. The van der Waals surface area contributed by atoms with Crippen LogP contribution in [0.3, 0.4) is 0 Å². The van der Waals surface area contributed by atoms with Gasteiger partial charge < -0.3 is 10.1 Å². The average molecular weight is 229 g/mol. The van der Waals surface area contributed by atoms with Crippen LogP contribution in [0.25, 0.3) is 0 Å². The first-order chi connectivity index (χ1) is 7.54. The lowest BCUT2D eigenvalue weighted by molar-refractivity contribution is 0.171. The van der Waals surface area contributed by atoms with E-state index in [2.05, 4.69) is 5.32 Å². The van der Waals surface area contributed by atoms with Crippen molar-refractivity contribution in [2.45, 2.75) is 19.9 Å². The van der Waals surface area contributed by atoms with Crippen LogP contribution in [0.5, 0.6) is 0 Å². The third-order valence-electron chi connectivity index (χ3n) is 2.42. The van der Waals surface area contributed by atoms with E-state index in [0.29, 0.717) is 18.2 Å². The van der Waals surface area contributed by atoms with Crippen LogP contribution in [0, 0.1) is 17.6 Å². The van der Waals surface area contributed by atoms with Gasteiger partial charge in [0.1, 0.15) is 0 Å². The third kappa shape index (κ3) is 3.45. The maximum atomic E-state index is 13.0. The summed E-state index contributed by atoms with van der Waals surface area (Å²) in [6.07, 6.45) is 0. The molecule has 0 heterocycles. The second-order valence-corrected chi connectivity index (χ2v) is 4.08. The van der Waals surface area contributed by atoms with E-state index >= 15 is 0 Å². The molecule has 1 atom stereocenters. The molecule has 1 N–H and O–H groups in total. The quantitative estimate of drug-likeness (QED) is 0.837. The molecule has 0 aromatic heterocycles. The van der Waals surface area contributed by atoms with E-state index in [0.717, 1.165) is 12.1 Å². The molecule has 0 aliphatic heterocycles. The predicted molar refractivity (Wildman–Crippen MR) is 60.5 cm³/mol. The van der Waals surface area contributed by atoms with Crippen LogP contribution in [0.15, 0.2) is 18.2 Å². The van der Waals surface area contributed by atoms with Gasteiger partial charge in [0.05, 0.1) is 12.6 Å². The van der Waals surface area contributed by atoms with E-state index in [1.54, 1.807) is 7.11 Å². The largest absolute Gasteiger partial charge is 0.383 e. The van der Waals surface area contributed by atoms with E-state index in [1.807, 2.05) is 13.8 Å². The van der Waals surface area contributed by atoms with Crippen molar-refractivity contribution in [3.8, 4) is 0 Å². The van der Waals surface area contributed by atoms with Gasteiger partial charge in [-0.1, -0.05) is 13.8 Å². The van der Waals surface area contributed by atoms with Crippen molar-refractivity contribution in [2.24, 2.45) is 5.92 Å². The first kappa shape index (κ1) is 12.9. The maximum absolute atomic E-state index is 13.0. The van der Waals surface area contributed by atoms with Crippen LogP contribution in [0.1, 0.15) is 13.8 Å². The highest BCUT2D eigenvalue weighted by Gasteiger charge is 2.13. The Hall–Kier alpha value is -1.16. The van der Waals surface area contributed by atoms with Gasteiger partial charge in [-0.05, 0) is 18.1 Å². The maximum Gasteiger partial charge on any atom is 0.160 e. The summed E-state index contributed by atoms with van der Waals surface area (Å²) < 4.78 is 30.7. The van der Waals surface area contributed by atoms with Crippen molar-refractivity contribution in [2.75, 3.05) is 19.0 Å². The van der Waals surface area contributed by atoms with E-state index in [4.69, 9.17) is 4.74 Å². The van der Waals surface area contributed by atoms with Gasteiger partial charge in [0.25, 0.3) is 0 Å². The highest BCUT2D eigenvalue weighted by atomic mass is 19.2. The molecule has 1 aromatic rings. The second kappa shape index (κ2) is 5.80. The Morgan fingerprint density at radius 3 is 2.44 bits per heavy atom. The smallest absolute Gasteiger partial charge is 0.160 e. The lowest BCUT2D eigenvalue weighted by Gasteiger charge is -2.22. The number of benzene rings is 1. The number of ether oxygens (including phenoxy) is 1. The molecule has 1 rings (SSSR count). The van der Waals surface area contributed by atoms with Crippen LogP contribution < -0.4 is 5.32 Å². The van der Waals surface area contributed by atoms with Gasteiger partial charge in [-0.25, -0.2) is 8.78 Å². The molecule has 0 aliphatic rings. The minimum atomic E-state index is -0.843. The lowest BCUT2D eigenvalue weighted by Crippen LogP contribution is -2.30. The number of halogens is 2. The second-order valence-electron chi connectivity index (χ2n) is 4.08. The molecule has 1 unspecified atom stereocenters. The van der Waals surface area contributed by atoms with Gasteiger partial charge in [0, 0.05) is 18.9 Å². The molecule has 0 fully saturated rings. The zero-order valence-corrected chi connectivity index (χ0v) is 9.76. The molecule has 0 radical (unpaired) electrons. The molecule has 16 heavy (non-hydrogen) atoms. The van der Waals surface area contributed by atoms with Gasteiger partial charge >= 0.3 is 0 Å². The van der Waals surface area contributed by atoms with E-state index in [1.165, 1.54) is 6.07 Å². The average Bonchev–Trinajstić information content (AvgIpc) is 2.22. The Kier molecular flexibility index (Phi) is 4.68. The fourth-order valence-corrected chi connectivity index (χ4v) is 1.38. The Morgan fingerprint density at radius 2 is 1.94 bits per heavy atom. The fraction of sp³-hybridized carbons (Fsp3) is 0.500. The van der Waals surface area contributed by atoms with Gasteiger partial charge in [-0.3, -0.25) is 0 Å². The normalized spacial score (nSPS) is 12.9. The Morgan fingerprint density at radius 1 is 1.25 bits per heavy atom. The molecule has 0 saturated carbocycles. The standard InChI is InChI=1S/C12H17F2NO/c1-8(2)12(7-16-3)15-9-4-5-10(13)11(14)6-9/h4-6,8,12,15H,7H2,1-3H3. The van der Waals surface area contributed by atoms with Crippen molar-refractivity contribution in [3.63, 3.8) is 0 Å². The van der Waals surface area contributed by atoms with Crippen molar-refractivity contribution < 1.29 is 13.5 Å². The number of methoxy groups -OCH3 is 1. The van der Waals surface area contributed by atoms with Crippen molar-refractivity contribution in [1.82, 2.24) is 0 Å². The SMILES string of the molecule is COCC(Nc1ccc(F)c(F)c1)C(C)C. The molecule has 0 bridgehead atoms. The van der Waals surface area contributed by atoms with Crippen LogP contribution in [-0.4, -0.2) is 19.8 Å². The van der Waals surface area contributed by atoms with Crippen molar-refractivity contribution in [1.29, 1.82) is 0 Å². The van der Waals surface area contributed by atoms with Gasteiger partial charge in [-0.15, -0.1) is 0 Å². The summed E-state index contributed by atoms with van der Waals surface area (Å²) in [5, 5.41) is 3.12. The first-order valence-electron chi connectivity index (χ1n) is 5.25. The number of nitrogens with one attached hydrogen (secondary N) is 1. The fourth-order valence-electron chi connectivity index (χ4n) is 1.38. The summed E-state index contributed by atoms with van der Waals surface area (Å²) in [7, 11) is 1.61. The minimum absolute atomic E-state index is 0.0786.